The maximum atomic E-state index is 12.1. The molecule has 0 aliphatic carbocycles. The molecule has 1 aliphatic rings. The van der Waals surface area contributed by atoms with Crippen molar-refractivity contribution < 1.29 is 8.42 Å². The normalized spacial score (nSPS) is 18.8. The molecule has 1 fully saturated rings. The summed E-state index contributed by atoms with van der Waals surface area (Å²) in [7, 11) is 2.72. The lowest BCUT2D eigenvalue weighted by Gasteiger charge is -2.31. The van der Waals surface area contributed by atoms with Crippen LogP contribution in [0, 0.1) is 5.92 Å². The van der Waals surface area contributed by atoms with Crippen molar-refractivity contribution in [1.29, 1.82) is 0 Å². The van der Waals surface area contributed by atoms with Gasteiger partial charge in [0.15, 0.2) is 0 Å². The molecule has 1 saturated heterocycles. The van der Waals surface area contributed by atoms with Crippen LogP contribution in [-0.4, -0.2) is 71.5 Å². The first-order chi connectivity index (χ1) is 9.45. The summed E-state index contributed by atoms with van der Waals surface area (Å²) in [5, 5.41) is 3.16. The number of piperidine rings is 1. The Kier molecular flexibility index (Phi) is 7.98. The Labute approximate surface area is 124 Å². The second kappa shape index (κ2) is 8.94. The Bertz CT molecular complexity index is 351. The van der Waals surface area contributed by atoms with Crippen LogP contribution in [0.15, 0.2) is 0 Å². The third kappa shape index (κ3) is 6.49. The summed E-state index contributed by atoms with van der Waals surface area (Å²) < 4.78 is 28.6. The molecule has 1 aliphatic heterocycles. The van der Waals surface area contributed by atoms with Crippen molar-refractivity contribution in [3.8, 4) is 0 Å². The molecule has 0 atom stereocenters. The predicted molar refractivity (Wildman–Crippen MR) is 82.9 cm³/mol. The van der Waals surface area contributed by atoms with Crippen LogP contribution in [0.2, 0.25) is 0 Å². The lowest BCUT2D eigenvalue weighted by molar-refractivity contribution is 0.268. The van der Waals surface area contributed by atoms with Gasteiger partial charge in [0.05, 0.1) is 0 Å². The molecular formula is C13H30N4O2S. The lowest BCUT2D eigenvalue weighted by atomic mass is 9.98. The number of rotatable bonds is 9. The molecule has 6 nitrogen and oxygen atoms in total. The van der Waals surface area contributed by atoms with Crippen molar-refractivity contribution in [2.24, 2.45) is 5.92 Å². The van der Waals surface area contributed by atoms with E-state index >= 15 is 0 Å². The Balaban J connectivity index is 2.24. The third-order valence-corrected chi connectivity index (χ3v) is 5.34. The van der Waals surface area contributed by atoms with Crippen LogP contribution in [0.3, 0.4) is 0 Å². The minimum Gasteiger partial charge on any atom is -0.319 e. The highest BCUT2D eigenvalue weighted by Crippen LogP contribution is 2.18. The van der Waals surface area contributed by atoms with Gasteiger partial charge in [-0.1, -0.05) is 0 Å². The highest BCUT2D eigenvalue weighted by Gasteiger charge is 2.27. The van der Waals surface area contributed by atoms with Gasteiger partial charge in [0.1, 0.15) is 0 Å². The van der Waals surface area contributed by atoms with Gasteiger partial charge in [0, 0.05) is 19.6 Å². The van der Waals surface area contributed by atoms with Gasteiger partial charge < -0.3 is 10.2 Å². The van der Waals surface area contributed by atoms with Gasteiger partial charge in [-0.05, 0) is 65.8 Å². The van der Waals surface area contributed by atoms with Crippen molar-refractivity contribution in [3.63, 3.8) is 0 Å². The summed E-state index contributed by atoms with van der Waals surface area (Å²) in [6.07, 6.45) is 3.79. The monoisotopic (exact) mass is 306 g/mol. The summed E-state index contributed by atoms with van der Waals surface area (Å²) in [5.74, 6) is 0.603. The summed E-state index contributed by atoms with van der Waals surface area (Å²) in [6.45, 7) is 3.79. The Hall–Kier alpha value is -0.210. The second-order valence-corrected chi connectivity index (χ2v) is 7.57. The number of hydrogen-bond donors (Lipinski definition) is 2. The van der Waals surface area contributed by atoms with Gasteiger partial charge >= 0.3 is 0 Å². The van der Waals surface area contributed by atoms with E-state index in [0.717, 1.165) is 38.8 Å². The SMILES string of the molecule is CNCC1CCN(S(=O)(=O)NCCCCN(C)C)CC1. The fraction of sp³-hybridized carbons (Fsp3) is 1.00. The molecule has 0 bridgehead atoms. The highest BCUT2D eigenvalue weighted by atomic mass is 32.2. The van der Waals surface area contributed by atoms with Gasteiger partial charge in [-0.2, -0.15) is 12.7 Å². The van der Waals surface area contributed by atoms with Crippen LogP contribution >= 0.6 is 0 Å². The van der Waals surface area contributed by atoms with Crippen molar-refractivity contribution in [1.82, 2.24) is 19.2 Å². The van der Waals surface area contributed by atoms with E-state index in [1.807, 2.05) is 21.1 Å². The fourth-order valence-electron chi connectivity index (χ4n) is 2.49. The molecule has 0 saturated carbocycles. The first kappa shape index (κ1) is 17.8. The van der Waals surface area contributed by atoms with E-state index in [2.05, 4.69) is 14.9 Å². The number of nitrogens with zero attached hydrogens (tertiary/aromatic N) is 2. The Morgan fingerprint density at radius 1 is 1.20 bits per heavy atom. The standard InChI is InChI=1S/C13H30N4O2S/c1-14-12-13-6-10-17(11-7-13)20(18,19)15-8-4-5-9-16(2)3/h13-15H,4-12H2,1-3H3. The van der Waals surface area contributed by atoms with Gasteiger partial charge in [0.2, 0.25) is 0 Å². The molecule has 0 unspecified atom stereocenters. The fourth-order valence-corrected chi connectivity index (χ4v) is 3.76. The first-order valence-corrected chi connectivity index (χ1v) is 8.94. The number of nitrogens with one attached hydrogen (secondary N) is 2. The average Bonchev–Trinajstić information content (AvgIpc) is 2.39. The van der Waals surface area contributed by atoms with E-state index in [-0.39, 0.29) is 0 Å². The summed E-state index contributed by atoms with van der Waals surface area (Å²) in [6, 6.07) is 0. The van der Waals surface area contributed by atoms with Gasteiger partial charge in [0.25, 0.3) is 10.2 Å². The van der Waals surface area contributed by atoms with Gasteiger partial charge in [-0.15, -0.1) is 0 Å². The molecule has 2 N–H and O–H groups in total. The summed E-state index contributed by atoms with van der Waals surface area (Å²) in [4.78, 5) is 2.11. The molecular weight excluding hydrogens is 276 g/mol. The maximum absolute atomic E-state index is 12.1. The zero-order valence-electron chi connectivity index (χ0n) is 13.1. The molecule has 1 heterocycles. The van der Waals surface area contributed by atoms with Crippen LogP contribution in [0.5, 0.6) is 0 Å². The molecule has 120 valence electrons. The largest absolute Gasteiger partial charge is 0.319 e. The van der Waals surface area contributed by atoms with Crippen molar-refractivity contribution in [2.45, 2.75) is 25.7 Å². The molecule has 20 heavy (non-hydrogen) atoms. The lowest BCUT2D eigenvalue weighted by Crippen LogP contribution is -2.46. The highest BCUT2D eigenvalue weighted by molar-refractivity contribution is 7.87. The molecule has 1 rings (SSSR count). The Morgan fingerprint density at radius 3 is 2.40 bits per heavy atom. The van der Waals surface area contributed by atoms with Crippen LogP contribution in [0.25, 0.3) is 0 Å². The summed E-state index contributed by atoms with van der Waals surface area (Å²) in [5.41, 5.74) is 0. The van der Waals surface area contributed by atoms with E-state index < -0.39 is 10.2 Å². The quantitative estimate of drug-likeness (QED) is 0.593. The molecule has 0 aromatic rings. The molecule has 0 amide bonds. The van der Waals surface area contributed by atoms with E-state index in [1.165, 1.54) is 0 Å². The zero-order chi connectivity index (χ0) is 15.0. The number of unbranched alkanes of at least 4 members (excludes halogenated alkanes) is 1. The van der Waals surface area contributed by atoms with Gasteiger partial charge in [-0.25, -0.2) is 4.72 Å². The molecule has 0 spiro atoms. The average molecular weight is 306 g/mol. The topological polar surface area (TPSA) is 64.7 Å². The van der Waals surface area contributed by atoms with Gasteiger partial charge in [-0.3, -0.25) is 0 Å². The van der Waals surface area contributed by atoms with Crippen LogP contribution in [0.1, 0.15) is 25.7 Å². The van der Waals surface area contributed by atoms with Crippen molar-refractivity contribution >= 4 is 10.2 Å². The zero-order valence-corrected chi connectivity index (χ0v) is 13.9. The second-order valence-electron chi connectivity index (χ2n) is 5.81. The van der Waals surface area contributed by atoms with Crippen LogP contribution < -0.4 is 10.0 Å². The summed E-state index contributed by atoms with van der Waals surface area (Å²) >= 11 is 0. The molecule has 7 heteroatoms. The van der Waals surface area contributed by atoms with E-state index in [9.17, 15) is 8.42 Å². The van der Waals surface area contributed by atoms with E-state index in [0.29, 0.717) is 25.6 Å². The third-order valence-electron chi connectivity index (χ3n) is 3.72. The van der Waals surface area contributed by atoms with Crippen molar-refractivity contribution in [2.75, 3.05) is 53.9 Å². The van der Waals surface area contributed by atoms with E-state index in [1.54, 1.807) is 4.31 Å². The first-order valence-electron chi connectivity index (χ1n) is 7.49. The predicted octanol–water partition coefficient (Wildman–Crippen LogP) is 0.0940. The maximum Gasteiger partial charge on any atom is 0.279 e. The smallest absolute Gasteiger partial charge is 0.279 e. The number of hydrogen-bond acceptors (Lipinski definition) is 4. The molecule has 0 radical (unpaired) electrons. The minimum atomic E-state index is -3.27. The Morgan fingerprint density at radius 2 is 1.85 bits per heavy atom. The van der Waals surface area contributed by atoms with Crippen LogP contribution in [0.4, 0.5) is 0 Å². The van der Waals surface area contributed by atoms with Crippen LogP contribution in [-0.2, 0) is 10.2 Å². The minimum absolute atomic E-state index is 0.534. The van der Waals surface area contributed by atoms with Crippen molar-refractivity contribution in [3.05, 3.63) is 0 Å². The molecule has 0 aromatic heterocycles. The van der Waals surface area contributed by atoms with E-state index in [4.69, 9.17) is 0 Å². The molecule has 0 aromatic carbocycles.